The molecule has 0 spiro atoms. The van der Waals surface area contributed by atoms with Gasteiger partial charge in [-0.3, -0.25) is 13.8 Å². The lowest BCUT2D eigenvalue weighted by Crippen LogP contribution is -2.56. The van der Waals surface area contributed by atoms with Gasteiger partial charge in [-0.05, 0) is 38.1 Å². The van der Waals surface area contributed by atoms with Gasteiger partial charge in [0.05, 0.1) is 6.04 Å². The van der Waals surface area contributed by atoms with Crippen molar-refractivity contribution < 1.29 is 23.7 Å². The number of nitrogens with one attached hydrogen (secondary N) is 2. The quantitative estimate of drug-likeness (QED) is 0.249. The molecule has 0 aliphatic carbocycles. The van der Waals surface area contributed by atoms with Gasteiger partial charge in [-0.15, -0.1) is 0 Å². The van der Waals surface area contributed by atoms with Crippen molar-refractivity contribution in [3.63, 3.8) is 0 Å². The Hall–Kier alpha value is -1.52. The zero-order chi connectivity index (χ0) is 20.3. The summed E-state index contributed by atoms with van der Waals surface area (Å²) in [6, 6.07) is -2.83. The Kier molecular flexibility index (Phi) is 12.0. The highest BCUT2D eigenvalue weighted by molar-refractivity contribution is 7.84. The van der Waals surface area contributed by atoms with Crippen molar-refractivity contribution in [2.24, 2.45) is 17.4 Å². The highest BCUT2D eigenvalue weighted by atomic mass is 32.2. The van der Waals surface area contributed by atoms with E-state index in [0.717, 1.165) is 0 Å². The first-order chi connectivity index (χ1) is 12.1. The second kappa shape index (κ2) is 12.8. The minimum atomic E-state index is -1.13. The standard InChI is InChI=1S/C16H32N4O5S/c1-10(2)13(20-14(21)11(18)7-9-26(3)25)15(22)19-12(16(23)24)6-4-5-8-17/h10-13H,4-9,17-18H2,1-3H3,(H,19,22)(H,20,21)(H,23,24). The highest BCUT2D eigenvalue weighted by Gasteiger charge is 2.29. The molecule has 10 heteroatoms. The summed E-state index contributed by atoms with van der Waals surface area (Å²) in [7, 11) is -1.06. The van der Waals surface area contributed by atoms with E-state index < -0.39 is 46.7 Å². The molecule has 7 N–H and O–H groups in total. The van der Waals surface area contributed by atoms with Gasteiger partial charge in [0.1, 0.15) is 12.1 Å². The summed E-state index contributed by atoms with van der Waals surface area (Å²) >= 11 is 0. The van der Waals surface area contributed by atoms with Gasteiger partial charge < -0.3 is 27.2 Å². The molecule has 0 aromatic rings. The van der Waals surface area contributed by atoms with Crippen molar-refractivity contribution in [2.75, 3.05) is 18.6 Å². The molecule has 152 valence electrons. The molecule has 4 unspecified atom stereocenters. The lowest BCUT2D eigenvalue weighted by molar-refractivity contribution is -0.142. The van der Waals surface area contributed by atoms with E-state index in [-0.39, 0.29) is 24.5 Å². The van der Waals surface area contributed by atoms with Crippen LogP contribution in [-0.2, 0) is 25.2 Å². The molecule has 0 rings (SSSR count). The fourth-order valence-corrected chi connectivity index (χ4v) is 2.82. The van der Waals surface area contributed by atoms with Gasteiger partial charge in [0, 0.05) is 22.8 Å². The van der Waals surface area contributed by atoms with E-state index in [1.54, 1.807) is 13.8 Å². The van der Waals surface area contributed by atoms with E-state index in [2.05, 4.69) is 10.6 Å². The number of carboxylic acids is 1. The first-order valence-corrected chi connectivity index (χ1v) is 10.4. The van der Waals surface area contributed by atoms with Crippen LogP contribution in [0.4, 0.5) is 0 Å². The predicted octanol–water partition coefficient (Wildman–Crippen LogP) is -1.08. The molecule has 0 heterocycles. The smallest absolute Gasteiger partial charge is 0.326 e. The number of nitrogens with two attached hydrogens (primary N) is 2. The first-order valence-electron chi connectivity index (χ1n) is 8.69. The van der Waals surface area contributed by atoms with Crippen LogP contribution in [0.1, 0.15) is 39.5 Å². The Balaban J connectivity index is 4.84. The molecule has 0 aliphatic heterocycles. The number of aliphatic carboxylic acids is 1. The average Bonchev–Trinajstić information content (AvgIpc) is 2.55. The summed E-state index contributed by atoms with van der Waals surface area (Å²) in [5, 5.41) is 14.3. The molecule has 2 amide bonds. The minimum absolute atomic E-state index is 0.234. The third kappa shape index (κ3) is 9.83. The predicted molar refractivity (Wildman–Crippen MR) is 101 cm³/mol. The van der Waals surface area contributed by atoms with Crippen molar-refractivity contribution in [1.82, 2.24) is 10.6 Å². The van der Waals surface area contributed by atoms with Crippen molar-refractivity contribution in [3.8, 4) is 0 Å². The number of amides is 2. The molecule has 4 atom stereocenters. The molecule has 0 saturated carbocycles. The van der Waals surface area contributed by atoms with Gasteiger partial charge >= 0.3 is 5.97 Å². The van der Waals surface area contributed by atoms with Gasteiger partial charge in [-0.1, -0.05) is 13.8 Å². The molecule has 0 bridgehead atoms. The van der Waals surface area contributed by atoms with E-state index in [1.807, 2.05) is 0 Å². The molecule has 26 heavy (non-hydrogen) atoms. The Morgan fingerprint density at radius 2 is 1.69 bits per heavy atom. The van der Waals surface area contributed by atoms with Crippen LogP contribution in [0.5, 0.6) is 0 Å². The zero-order valence-corrected chi connectivity index (χ0v) is 16.5. The second-order valence-corrected chi connectivity index (χ2v) is 8.14. The van der Waals surface area contributed by atoms with Crippen LogP contribution in [0.15, 0.2) is 0 Å². The van der Waals surface area contributed by atoms with Crippen LogP contribution < -0.4 is 22.1 Å². The summed E-state index contributed by atoms with van der Waals surface area (Å²) < 4.78 is 11.1. The monoisotopic (exact) mass is 392 g/mol. The third-order valence-corrected chi connectivity index (χ3v) is 4.67. The normalized spacial score (nSPS) is 15.8. The van der Waals surface area contributed by atoms with Crippen LogP contribution in [0, 0.1) is 5.92 Å². The summed E-state index contributed by atoms with van der Waals surface area (Å²) in [6.07, 6.45) is 3.26. The lowest BCUT2D eigenvalue weighted by Gasteiger charge is -2.25. The van der Waals surface area contributed by atoms with Crippen LogP contribution in [-0.4, -0.2) is 63.8 Å². The zero-order valence-electron chi connectivity index (χ0n) is 15.7. The van der Waals surface area contributed by atoms with E-state index in [9.17, 15) is 23.7 Å². The fourth-order valence-electron chi connectivity index (χ4n) is 2.23. The lowest BCUT2D eigenvalue weighted by atomic mass is 10.0. The van der Waals surface area contributed by atoms with Crippen LogP contribution in [0.3, 0.4) is 0 Å². The molecular formula is C16H32N4O5S. The van der Waals surface area contributed by atoms with E-state index in [4.69, 9.17) is 11.5 Å². The van der Waals surface area contributed by atoms with E-state index in [0.29, 0.717) is 19.4 Å². The Bertz CT molecular complexity index is 501. The molecule has 9 nitrogen and oxygen atoms in total. The van der Waals surface area contributed by atoms with Crippen molar-refractivity contribution in [2.45, 2.75) is 57.7 Å². The number of carbonyl (C=O) groups is 3. The molecule has 0 fully saturated rings. The van der Waals surface area contributed by atoms with Gasteiger partial charge in [-0.25, -0.2) is 4.79 Å². The summed E-state index contributed by atoms with van der Waals surface area (Å²) in [4.78, 5) is 35.9. The minimum Gasteiger partial charge on any atom is -0.480 e. The molecule has 0 aromatic carbocycles. The largest absolute Gasteiger partial charge is 0.480 e. The van der Waals surface area contributed by atoms with Gasteiger partial charge in [0.25, 0.3) is 0 Å². The SMILES string of the molecule is CC(C)C(NC(=O)C(N)CCS(C)=O)C(=O)NC(CCCCN)C(=O)O. The molecule has 0 aromatic heterocycles. The number of hydrogen-bond donors (Lipinski definition) is 5. The number of hydrogen-bond acceptors (Lipinski definition) is 6. The van der Waals surface area contributed by atoms with E-state index >= 15 is 0 Å². The Labute approximate surface area is 157 Å². The number of unbranched alkanes of at least 4 members (excludes halogenated alkanes) is 1. The first kappa shape index (κ1) is 24.5. The van der Waals surface area contributed by atoms with Gasteiger partial charge in [-0.2, -0.15) is 0 Å². The van der Waals surface area contributed by atoms with Gasteiger partial charge in [0.15, 0.2) is 0 Å². The maximum Gasteiger partial charge on any atom is 0.326 e. The molecule has 0 saturated heterocycles. The second-order valence-electron chi connectivity index (χ2n) is 6.59. The summed E-state index contributed by atoms with van der Waals surface area (Å²) in [5.74, 6) is -2.20. The van der Waals surface area contributed by atoms with Gasteiger partial charge in [0.2, 0.25) is 11.8 Å². The summed E-state index contributed by atoms with van der Waals surface area (Å²) in [5.41, 5.74) is 11.2. The Morgan fingerprint density at radius 1 is 1.08 bits per heavy atom. The number of carboxylic acid groups (broad SMARTS) is 1. The average molecular weight is 393 g/mol. The van der Waals surface area contributed by atoms with Crippen molar-refractivity contribution in [1.29, 1.82) is 0 Å². The highest BCUT2D eigenvalue weighted by Crippen LogP contribution is 2.06. The van der Waals surface area contributed by atoms with Crippen LogP contribution >= 0.6 is 0 Å². The van der Waals surface area contributed by atoms with Crippen molar-refractivity contribution >= 4 is 28.6 Å². The summed E-state index contributed by atoms with van der Waals surface area (Å²) in [6.45, 7) is 3.92. The maximum absolute atomic E-state index is 12.5. The Morgan fingerprint density at radius 3 is 2.15 bits per heavy atom. The number of carbonyl (C=O) groups excluding carboxylic acids is 2. The fraction of sp³-hybridized carbons (Fsp3) is 0.812. The third-order valence-electron chi connectivity index (χ3n) is 3.86. The molecule has 0 radical (unpaired) electrons. The van der Waals surface area contributed by atoms with E-state index in [1.165, 1.54) is 6.26 Å². The topological polar surface area (TPSA) is 165 Å². The maximum atomic E-state index is 12.5. The van der Waals surface area contributed by atoms with Crippen LogP contribution in [0.2, 0.25) is 0 Å². The molecule has 0 aliphatic rings. The van der Waals surface area contributed by atoms with Crippen LogP contribution in [0.25, 0.3) is 0 Å². The number of rotatable bonds is 13. The molecular weight excluding hydrogens is 360 g/mol. The van der Waals surface area contributed by atoms with Crippen molar-refractivity contribution in [3.05, 3.63) is 0 Å².